The van der Waals surface area contributed by atoms with Crippen LogP contribution >= 0.6 is 0 Å². The molecule has 0 aliphatic heterocycles. The molecule has 0 radical (unpaired) electrons. The SMILES string of the molecule is CCN(Cc1ccc(N)cc1)C(=O)c1cncnc1. The summed E-state index contributed by atoms with van der Waals surface area (Å²) in [6.45, 7) is 3.11. The zero-order valence-electron chi connectivity index (χ0n) is 10.8. The third-order valence-corrected chi connectivity index (χ3v) is 2.83. The molecular formula is C14H16N4O. The van der Waals surface area contributed by atoms with Gasteiger partial charge in [0.2, 0.25) is 0 Å². The van der Waals surface area contributed by atoms with Crippen molar-refractivity contribution in [3.05, 3.63) is 54.1 Å². The van der Waals surface area contributed by atoms with Crippen LogP contribution < -0.4 is 5.73 Å². The molecule has 0 saturated heterocycles. The Morgan fingerprint density at radius 3 is 2.42 bits per heavy atom. The lowest BCUT2D eigenvalue weighted by atomic mass is 10.2. The van der Waals surface area contributed by atoms with Gasteiger partial charge in [-0.1, -0.05) is 12.1 Å². The van der Waals surface area contributed by atoms with Crippen LogP contribution in [0.15, 0.2) is 43.0 Å². The van der Waals surface area contributed by atoms with Crippen LogP contribution in [-0.4, -0.2) is 27.3 Å². The van der Waals surface area contributed by atoms with Crippen molar-refractivity contribution in [3.8, 4) is 0 Å². The molecule has 1 aromatic carbocycles. The smallest absolute Gasteiger partial charge is 0.257 e. The van der Waals surface area contributed by atoms with Crippen molar-refractivity contribution in [3.63, 3.8) is 0 Å². The Morgan fingerprint density at radius 2 is 1.84 bits per heavy atom. The Balaban J connectivity index is 2.12. The van der Waals surface area contributed by atoms with Crippen molar-refractivity contribution < 1.29 is 4.79 Å². The van der Waals surface area contributed by atoms with E-state index in [-0.39, 0.29) is 5.91 Å². The van der Waals surface area contributed by atoms with Crippen LogP contribution in [0.5, 0.6) is 0 Å². The summed E-state index contributed by atoms with van der Waals surface area (Å²) in [5, 5.41) is 0. The van der Waals surface area contributed by atoms with Gasteiger partial charge in [0.1, 0.15) is 6.33 Å². The molecule has 1 aromatic heterocycles. The van der Waals surface area contributed by atoms with Crippen molar-refractivity contribution in [2.45, 2.75) is 13.5 Å². The third kappa shape index (κ3) is 3.28. The number of carbonyl (C=O) groups excluding carboxylic acids is 1. The highest BCUT2D eigenvalue weighted by Gasteiger charge is 2.14. The van der Waals surface area contributed by atoms with Gasteiger partial charge in [-0.05, 0) is 24.6 Å². The van der Waals surface area contributed by atoms with Crippen molar-refractivity contribution in [1.29, 1.82) is 0 Å². The average molecular weight is 256 g/mol. The van der Waals surface area contributed by atoms with Crippen LogP contribution in [0, 0.1) is 0 Å². The second kappa shape index (κ2) is 5.95. The minimum absolute atomic E-state index is 0.0695. The molecule has 0 bridgehead atoms. The second-order valence-electron chi connectivity index (χ2n) is 4.19. The normalized spacial score (nSPS) is 10.2. The molecule has 2 aromatic rings. The first-order valence-electron chi connectivity index (χ1n) is 6.09. The Bertz CT molecular complexity index is 539. The second-order valence-corrected chi connectivity index (χ2v) is 4.19. The minimum atomic E-state index is -0.0695. The summed E-state index contributed by atoms with van der Waals surface area (Å²) in [4.78, 5) is 21.7. The number of nitrogens with two attached hydrogens (primary N) is 1. The van der Waals surface area contributed by atoms with Crippen LogP contribution in [0.4, 0.5) is 5.69 Å². The summed E-state index contributed by atoms with van der Waals surface area (Å²) >= 11 is 0. The lowest BCUT2D eigenvalue weighted by Gasteiger charge is -2.20. The molecule has 5 nitrogen and oxygen atoms in total. The first kappa shape index (κ1) is 13.0. The van der Waals surface area contributed by atoms with Crippen LogP contribution in [0.25, 0.3) is 0 Å². The Morgan fingerprint density at radius 1 is 1.21 bits per heavy atom. The molecule has 0 aliphatic rings. The fourth-order valence-electron chi connectivity index (χ4n) is 1.76. The number of nitrogen functional groups attached to an aromatic ring is 1. The molecule has 0 aliphatic carbocycles. The van der Waals surface area contributed by atoms with E-state index in [9.17, 15) is 4.79 Å². The predicted octanol–water partition coefficient (Wildman–Crippen LogP) is 1.72. The number of anilines is 1. The van der Waals surface area contributed by atoms with Crippen molar-refractivity contribution in [2.24, 2.45) is 0 Å². The standard InChI is InChI=1S/C14H16N4O/c1-2-18(9-11-3-5-13(15)6-4-11)14(19)12-7-16-10-17-8-12/h3-8,10H,2,9,15H2,1H3. The molecular weight excluding hydrogens is 240 g/mol. The van der Waals surface area contributed by atoms with E-state index in [1.807, 2.05) is 31.2 Å². The van der Waals surface area contributed by atoms with Crippen LogP contribution in [0.3, 0.4) is 0 Å². The van der Waals surface area contributed by atoms with Gasteiger partial charge in [-0.2, -0.15) is 0 Å². The number of aromatic nitrogens is 2. The van der Waals surface area contributed by atoms with Gasteiger partial charge in [0.15, 0.2) is 0 Å². The highest BCUT2D eigenvalue weighted by molar-refractivity contribution is 5.93. The molecule has 0 atom stereocenters. The molecule has 5 heteroatoms. The zero-order chi connectivity index (χ0) is 13.7. The third-order valence-electron chi connectivity index (χ3n) is 2.83. The van der Waals surface area contributed by atoms with Gasteiger partial charge >= 0.3 is 0 Å². The summed E-state index contributed by atoms with van der Waals surface area (Å²) in [7, 11) is 0. The van der Waals surface area contributed by atoms with Crippen molar-refractivity contribution >= 4 is 11.6 Å². The van der Waals surface area contributed by atoms with Crippen LogP contribution in [0.1, 0.15) is 22.8 Å². The molecule has 0 unspecified atom stereocenters. The first-order valence-corrected chi connectivity index (χ1v) is 6.09. The molecule has 0 saturated carbocycles. The van der Waals surface area contributed by atoms with E-state index >= 15 is 0 Å². The fourth-order valence-corrected chi connectivity index (χ4v) is 1.76. The number of hydrogen-bond donors (Lipinski definition) is 1. The number of hydrogen-bond acceptors (Lipinski definition) is 4. The maximum absolute atomic E-state index is 12.3. The van der Waals surface area contributed by atoms with Crippen LogP contribution in [-0.2, 0) is 6.54 Å². The molecule has 2 N–H and O–H groups in total. The lowest BCUT2D eigenvalue weighted by Crippen LogP contribution is -2.30. The van der Waals surface area contributed by atoms with Gasteiger partial charge in [-0.15, -0.1) is 0 Å². The van der Waals surface area contributed by atoms with E-state index in [0.717, 1.165) is 11.3 Å². The molecule has 0 fully saturated rings. The molecule has 1 heterocycles. The maximum Gasteiger partial charge on any atom is 0.257 e. The fraction of sp³-hybridized carbons (Fsp3) is 0.214. The molecule has 19 heavy (non-hydrogen) atoms. The minimum Gasteiger partial charge on any atom is -0.399 e. The van der Waals surface area contributed by atoms with E-state index in [2.05, 4.69) is 9.97 Å². The zero-order valence-corrected chi connectivity index (χ0v) is 10.8. The summed E-state index contributed by atoms with van der Waals surface area (Å²) < 4.78 is 0. The van der Waals surface area contributed by atoms with E-state index in [1.165, 1.54) is 18.7 Å². The monoisotopic (exact) mass is 256 g/mol. The van der Waals surface area contributed by atoms with E-state index in [4.69, 9.17) is 5.73 Å². The first-order chi connectivity index (χ1) is 9.20. The van der Waals surface area contributed by atoms with E-state index in [1.54, 1.807) is 4.90 Å². The number of nitrogens with zero attached hydrogens (tertiary/aromatic N) is 3. The average Bonchev–Trinajstić information content (AvgIpc) is 2.47. The van der Waals surface area contributed by atoms with Gasteiger partial charge in [-0.25, -0.2) is 9.97 Å². The Hall–Kier alpha value is -2.43. The number of benzene rings is 1. The molecule has 0 spiro atoms. The topological polar surface area (TPSA) is 72.1 Å². The van der Waals surface area contributed by atoms with E-state index in [0.29, 0.717) is 18.7 Å². The quantitative estimate of drug-likeness (QED) is 0.845. The Labute approximate surface area is 112 Å². The molecule has 2 rings (SSSR count). The molecule has 1 amide bonds. The van der Waals surface area contributed by atoms with Gasteiger partial charge in [0, 0.05) is 31.2 Å². The van der Waals surface area contributed by atoms with Gasteiger partial charge < -0.3 is 10.6 Å². The van der Waals surface area contributed by atoms with Crippen molar-refractivity contribution in [1.82, 2.24) is 14.9 Å². The number of carbonyl (C=O) groups is 1. The number of amides is 1. The summed E-state index contributed by atoms with van der Waals surface area (Å²) in [6.07, 6.45) is 4.47. The molecule has 98 valence electrons. The highest BCUT2D eigenvalue weighted by atomic mass is 16.2. The van der Waals surface area contributed by atoms with Crippen LogP contribution in [0.2, 0.25) is 0 Å². The Kier molecular flexibility index (Phi) is 4.07. The maximum atomic E-state index is 12.3. The largest absolute Gasteiger partial charge is 0.399 e. The van der Waals surface area contributed by atoms with Gasteiger partial charge in [-0.3, -0.25) is 4.79 Å². The van der Waals surface area contributed by atoms with Crippen molar-refractivity contribution in [2.75, 3.05) is 12.3 Å². The lowest BCUT2D eigenvalue weighted by molar-refractivity contribution is 0.0751. The van der Waals surface area contributed by atoms with Gasteiger partial charge in [0.05, 0.1) is 5.56 Å². The summed E-state index contributed by atoms with van der Waals surface area (Å²) in [5.74, 6) is -0.0695. The summed E-state index contributed by atoms with van der Waals surface area (Å²) in [6, 6.07) is 7.51. The van der Waals surface area contributed by atoms with Gasteiger partial charge in [0.25, 0.3) is 5.91 Å². The highest BCUT2D eigenvalue weighted by Crippen LogP contribution is 2.11. The number of rotatable bonds is 4. The predicted molar refractivity (Wildman–Crippen MR) is 73.3 cm³/mol. The van der Waals surface area contributed by atoms with E-state index < -0.39 is 0 Å². The summed E-state index contributed by atoms with van der Waals surface area (Å²) in [5.41, 5.74) is 7.90.